The van der Waals surface area contributed by atoms with Gasteiger partial charge in [0, 0.05) is 11.1 Å². The lowest BCUT2D eigenvalue weighted by Crippen LogP contribution is -3.61. The monoisotopic (exact) mass is 358 g/mol. The van der Waals surface area contributed by atoms with Crippen LogP contribution in [0.25, 0.3) is 11.1 Å². The van der Waals surface area contributed by atoms with Gasteiger partial charge in [-0.05, 0) is 24.3 Å². The maximum Gasteiger partial charge on any atom is 0.359 e. The second kappa shape index (κ2) is 4.03. The van der Waals surface area contributed by atoms with Crippen LogP contribution in [0.15, 0.2) is 48.5 Å². The molecular weight excluding hydrogens is 351 g/mol. The van der Waals surface area contributed by atoms with E-state index >= 15 is 0 Å². The summed E-state index contributed by atoms with van der Waals surface area (Å²) < 4.78 is 3.14. The number of benzene rings is 2. The summed E-state index contributed by atoms with van der Waals surface area (Å²) in [6.45, 7) is 0. The summed E-state index contributed by atoms with van der Waals surface area (Å²) in [7, 11) is 0. The molecule has 0 unspecified atom stereocenters. The number of fused-ring (bicyclic) bond motifs is 3. The molecule has 0 fully saturated rings. The summed E-state index contributed by atoms with van der Waals surface area (Å²) in [5.74, 6) is 0. The zero-order valence-electron chi connectivity index (χ0n) is 7.37. The van der Waals surface area contributed by atoms with Gasteiger partial charge >= 0.3 is 21.2 Å². The maximum absolute atomic E-state index is 2.27. The summed E-state index contributed by atoms with van der Waals surface area (Å²) in [5.41, 5.74) is 2.93. The SMILES string of the molecule is [Br-].c1ccc2c(c1)[I+]c1ccccc1-2. The summed E-state index contributed by atoms with van der Waals surface area (Å²) in [5, 5.41) is 0. The molecule has 70 valence electrons. The fraction of sp³-hybridized carbons (Fsp3) is 0. The van der Waals surface area contributed by atoms with E-state index in [-0.39, 0.29) is 38.2 Å². The van der Waals surface area contributed by atoms with Crippen molar-refractivity contribution in [1.82, 2.24) is 0 Å². The van der Waals surface area contributed by atoms with E-state index in [9.17, 15) is 0 Å². The molecule has 0 radical (unpaired) electrons. The molecule has 14 heavy (non-hydrogen) atoms. The van der Waals surface area contributed by atoms with E-state index in [4.69, 9.17) is 0 Å². The van der Waals surface area contributed by atoms with Crippen LogP contribution in [-0.4, -0.2) is 0 Å². The quantitative estimate of drug-likeness (QED) is 0.371. The van der Waals surface area contributed by atoms with Gasteiger partial charge in [-0.25, -0.2) is 0 Å². The van der Waals surface area contributed by atoms with E-state index in [1.54, 1.807) is 7.14 Å². The topological polar surface area (TPSA) is 0 Å². The van der Waals surface area contributed by atoms with Crippen LogP contribution in [0.2, 0.25) is 0 Å². The van der Waals surface area contributed by atoms with Gasteiger partial charge in [-0.2, -0.15) is 0 Å². The van der Waals surface area contributed by atoms with Gasteiger partial charge < -0.3 is 17.0 Å². The zero-order chi connectivity index (χ0) is 8.67. The molecule has 1 aliphatic rings. The van der Waals surface area contributed by atoms with E-state index in [1.165, 1.54) is 11.1 Å². The Kier molecular flexibility index (Phi) is 2.93. The van der Waals surface area contributed by atoms with Gasteiger partial charge in [-0.3, -0.25) is 0 Å². The molecule has 0 aliphatic carbocycles. The minimum Gasteiger partial charge on any atom is -1.00 e. The van der Waals surface area contributed by atoms with Crippen molar-refractivity contribution < 1.29 is 38.2 Å². The smallest absolute Gasteiger partial charge is 0.359 e. The molecular formula is C12H8BrI. The Morgan fingerprint density at radius 2 is 1.07 bits per heavy atom. The Bertz CT molecular complexity index is 422. The van der Waals surface area contributed by atoms with Crippen LogP contribution in [0, 0.1) is 7.14 Å². The van der Waals surface area contributed by atoms with Crippen LogP contribution in [0.3, 0.4) is 0 Å². The molecule has 1 heterocycles. The first-order valence-electron chi connectivity index (χ1n) is 4.28. The zero-order valence-corrected chi connectivity index (χ0v) is 11.1. The lowest BCUT2D eigenvalue weighted by Gasteiger charge is -1.91. The summed E-state index contributed by atoms with van der Waals surface area (Å²) >= 11 is 0.103. The Hall–Kier alpha value is -0.350. The van der Waals surface area contributed by atoms with Gasteiger partial charge in [-0.15, -0.1) is 0 Å². The Morgan fingerprint density at radius 1 is 0.643 bits per heavy atom. The molecule has 2 aromatic carbocycles. The van der Waals surface area contributed by atoms with E-state index < -0.39 is 0 Å². The Morgan fingerprint density at radius 3 is 1.57 bits per heavy atom. The van der Waals surface area contributed by atoms with E-state index in [1.807, 2.05) is 0 Å². The summed E-state index contributed by atoms with van der Waals surface area (Å²) in [6.07, 6.45) is 0. The number of hydrogen-bond donors (Lipinski definition) is 0. The first-order chi connectivity index (χ1) is 6.45. The molecule has 0 N–H and O–H groups in total. The molecule has 2 heteroatoms. The first-order valence-corrected chi connectivity index (χ1v) is 6.44. The third-order valence-electron chi connectivity index (χ3n) is 2.24. The first kappa shape index (κ1) is 10.2. The van der Waals surface area contributed by atoms with Crippen LogP contribution < -0.4 is 38.2 Å². The highest BCUT2D eigenvalue weighted by Crippen LogP contribution is 2.21. The van der Waals surface area contributed by atoms with Crippen molar-refractivity contribution in [1.29, 1.82) is 0 Å². The average molecular weight is 359 g/mol. The molecule has 0 nitrogen and oxygen atoms in total. The third kappa shape index (κ3) is 1.50. The van der Waals surface area contributed by atoms with Crippen LogP contribution in [0.4, 0.5) is 0 Å². The van der Waals surface area contributed by atoms with Crippen LogP contribution in [-0.2, 0) is 0 Å². The lowest BCUT2D eigenvalue weighted by atomic mass is 10.1. The third-order valence-corrected chi connectivity index (χ3v) is 5.29. The largest absolute Gasteiger partial charge is 1.00 e. The minimum atomic E-state index is 0. The summed E-state index contributed by atoms with van der Waals surface area (Å²) in [6, 6.07) is 17.6. The van der Waals surface area contributed by atoms with Crippen LogP contribution in [0.5, 0.6) is 0 Å². The molecule has 0 saturated heterocycles. The Balaban J connectivity index is 0.000000750. The lowest BCUT2D eigenvalue weighted by molar-refractivity contribution is -0.589. The van der Waals surface area contributed by atoms with Crippen molar-refractivity contribution in [3.8, 4) is 11.1 Å². The van der Waals surface area contributed by atoms with E-state index in [2.05, 4.69) is 48.5 Å². The standard InChI is InChI=1S/C12H8I.BrH/c1-3-7-11-9(5-1)10-6-2-4-8-12(10)13-11;/h1-8H;1H/q+1;/p-1. The highest BCUT2D eigenvalue weighted by Gasteiger charge is 2.31. The van der Waals surface area contributed by atoms with Gasteiger partial charge in [0.2, 0.25) is 7.14 Å². The van der Waals surface area contributed by atoms with Gasteiger partial charge in [0.15, 0.2) is 0 Å². The molecule has 0 spiro atoms. The predicted molar refractivity (Wildman–Crippen MR) is 49.3 cm³/mol. The van der Waals surface area contributed by atoms with Gasteiger partial charge in [-0.1, -0.05) is 24.3 Å². The molecule has 2 aromatic rings. The second-order valence-electron chi connectivity index (χ2n) is 3.05. The maximum atomic E-state index is 2.27. The predicted octanol–water partition coefficient (Wildman–Crippen LogP) is -3.20. The molecule has 1 aliphatic heterocycles. The van der Waals surface area contributed by atoms with Crippen molar-refractivity contribution in [2.45, 2.75) is 0 Å². The average Bonchev–Trinajstić information content (AvgIpc) is 2.56. The van der Waals surface area contributed by atoms with Crippen molar-refractivity contribution in [3.05, 3.63) is 55.7 Å². The fourth-order valence-electron chi connectivity index (χ4n) is 1.63. The Labute approximate surface area is 104 Å². The second-order valence-corrected chi connectivity index (χ2v) is 5.92. The molecule has 0 atom stereocenters. The normalized spacial score (nSPS) is 11.4. The number of rotatable bonds is 0. The van der Waals surface area contributed by atoms with Crippen LogP contribution >= 0.6 is 0 Å². The van der Waals surface area contributed by atoms with Crippen LogP contribution in [0.1, 0.15) is 0 Å². The van der Waals surface area contributed by atoms with Crippen molar-refractivity contribution >= 4 is 0 Å². The molecule has 0 amide bonds. The van der Waals surface area contributed by atoms with E-state index in [0.29, 0.717) is 0 Å². The van der Waals surface area contributed by atoms with E-state index in [0.717, 1.165) is 0 Å². The van der Waals surface area contributed by atoms with Gasteiger partial charge in [0.05, 0.1) is 0 Å². The minimum absolute atomic E-state index is 0. The summed E-state index contributed by atoms with van der Waals surface area (Å²) in [4.78, 5) is 0. The molecule has 3 rings (SSSR count). The van der Waals surface area contributed by atoms with Crippen molar-refractivity contribution in [2.24, 2.45) is 0 Å². The molecule has 0 bridgehead atoms. The van der Waals surface area contributed by atoms with Crippen molar-refractivity contribution in [3.63, 3.8) is 0 Å². The number of hydrogen-bond acceptors (Lipinski definition) is 0. The number of halogens is 2. The fourth-order valence-corrected chi connectivity index (χ4v) is 4.56. The highest BCUT2D eigenvalue weighted by atomic mass is 127. The van der Waals surface area contributed by atoms with Gasteiger partial charge in [0.25, 0.3) is 0 Å². The molecule has 0 aromatic heterocycles. The molecule has 0 saturated carbocycles. The highest BCUT2D eigenvalue weighted by molar-refractivity contribution is 5.64. The van der Waals surface area contributed by atoms with Crippen molar-refractivity contribution in [2.75, 3.05) is 0 Å². The van der Waals surface area contributed by atoms with Gasteiger partial charge in [0.1, 0.15) is 0 Å².